The maximum absolute atomic E-state index is 12.4. The molecule has 102 valence electrons. The summed E-state index contributed by atoms with van der Waals surface area (Å²) in [6.45, 7) is 0. The van der Waals surface area contributed by atoms with E-state index in [4.69, 9.17) is 4.52 Å². The Hall–Kier alpha value is -2.22. The highest BCUT2D eigenvalue weighted by Gasteiger charge is 2.32. The summed E-state index contributed by atoms with van der Waals surface area (Å²) in [5.41, 5.74) is 0.134. The molecule has 0 atom stereocenters. The van der Waals surface area contributed by atoms with Crippen molar-refractivity contribution in [3.8, 4) is 22.0 Å². The van der Waals surface area contributed by atoms with Gasteiger partial charge in [-0.25, -0.2) is 4.98 Å². The van der Waals surface area contributed by atoms with Crippen molar-refractivity contribution in [3.63, 3.8) is 0 Å². The molecule has 3 rings (SSSR count). The van der Waals surface area contributed by atoms with E-state index in [0.717, 1.165) is 12.3 Å². The lowest BCUT2D eigenvalue weighted by atomic mass is 10.2. The standard InChI is InChI=1S/C12H6F3N3OS/c13-12(14,15)10-2-1-7(5-16-10)8-6-20-11(18-8)9-3-4-17-19-9/h1-6H. The van der Waals surface area contributed by atoms with Crippen molar-refractivity contribution in [1.29, 1.82) is 0 Å². The fourth-order valence-electron chi connectivity index (χ4n) is 1.56. The molecule has 0 saturated heterocycles. The highest BCUT2D eigenvalue weighted by atomic mass is 32.1. The zero-order valence-corrected chi connectivity index (χ0v) is 10.6. The second-order valence-corrected chi connectivity index (χ2v) is 4.70. The number of rotatable bonds is 2. The van der Waals surface area contributed by atoms with Crippen molar-refractivity contribution >= 4 is 11.3 Å². The lowest BCUT2D eigenvalue weighted by Gasteiger charge is -2.05. The number of alkyl halides is 3. The monoisotopic (exact) mass is 297 g/mol. The topological polar surface area (TPSA) is 51.8 Å². The van der Waals surface area contributed by atoms with Gasteiger partial charge in [0.25, 0.3) is 0 Å². The Morgan fingerprint density at radius 1 is 1.15 bits per heavy atom. The minimum absolute atomic E-state index is 0.514. The number of aromatic nitrogens is 3. The van der Waals surface area contributed by atoms with Crippen LogP contribution in [0.1, 0.15) is 5.69 Å². The molecule has 0 bridgehead atoms. The minimum atomic E-state index is -4.44. The smallest absolute Gasteiger partial charge is 0.354 e. The molecule has 0 fully saturated rings. The summed E-state index contributed by atoms with van der Waals surface area (Å²) in [5, 5.41) is 5.91. The summed E-state index contributed by atoms with van der Waals surface area (Å²) >= 11 is 1.32. The molecule has 0 aromatic carbocycles. The van der Waals surface area contributed by atoms with Crippen LogP contribution in [-0.4, -0.2) is 15.1 Å². The Morgan fingerprint density at radius 2 is 2.00 bits per heavy atom. The normalized spacial score (nSPS) is 11.8. The van der Waals surface area contributed by atoms with Crippen molar-refractivity contribution in [3.05, 3.63) is 41.7 Å². The predicted molar refractivity (Wildman–Crippen MR) is 65.8 cm³/mol. The van der Waals surface area contributed by atoms with E-state index in [0.29, 0.717) is 22.0 Å². The van der Waals surface area contributed by atoms with Crippen LogP contribution in [0.2, 0.25) is 0 Å². The first-order valence-corrected chi connectivity index (χ1v) is 6.32. The summed E-state index contributed by atoms with van der Waals surface area (Å²) < 4.78 is 42.2. The van der Waals surface area contributed by atoms with Crippen molar-refractivity contribution in [2.24, 2.45) is 0 Å². The van der Waals surface area contributed by atoms with Gasteiger partial charge in [0.15, 0.2) is 10.8 Å². The Kier molecular flexibility index (Phi) is 3.01. The molecule has 0 N–H and O–H groups in total. The van der Waals surface area contributed by atoms with Crippen LogP contribution in [0.15, 0.2) is 40.5 Å². The van der Waals surface area contributed by atoms with E-state index >= 15 is 0 Å². The molecule has 0 aliphatic rings. The van der Waals surface area contributed by atoms with Crippen LogP contribution in [0.4, 0.5) is 13.2 Å². The van der Waals surface area contributed by atoms with E-state index in [1.54, 1.807) is 11.4 Å². The molecule has 0 aliphatic heterocycles. The van der Waals surface area contributed by atoms with Gasteiger partial charge >= 0.3 is 6.18 Å². The quantitative estimate of drug-likeness (QED) is 0.720. The Labute approximate surface area is 114 Å². The summed E-state index contributed by atoms with van der Waals surface area (Å²) in [7, 11) is 0. The maximum Gasteiger partial charge on any atom is 0.433 e. The van der Waals surface area contributed by atoms with Gasteiger partial charge in [0.1, 0.15) is 5.69 Å². The molecule has 8 heteroatoms. The number of hydrogen-bond donors (Lipinski definition) is 0. The zero-order chi connectivity index (χ0) is 14.2. The molecule has 20 heavy (non-hydrogen) atoms. The van der Waals surface area contributed by atoms with Crippen molar-refractivity contribution < 1.29 is 17.7 Å². The predicted octanol–water partition coefficient (Wildman–Crippen LogP) is 3.88. The number of hydrogen-bond acceptors (Lipinski definition) is 5. The average Bonchev–Trinajstić information content (AvgIpc) is 3.09. The van der Waals surface area contributed by atoms with E-state index in [9.17, 15) is 13.2 Å². The second kappa shape index (κ2) is 4.71. The Bertz CT molecular complexity index is 704. The molecular formula is C12H6F3N3OS. The highest BCUT2D eigenvalue weighted by molar-refractivity contribution is 7.13. The molecule has 4 nitrogen and oxygen atoms in total. The van der Waals surface area contributed by atoms with Crippen molar-refractivity contribution in [1.82, 2.24) is 15.1 Å². The first-order chi connectivity index (χ1) is 9.54. The average molecular weight is 297 g/mol. The molecule has 0 unspecified atom stereocenters. The van der Waals surface area contributed by atoms with Crippen LogP contribution in [0.5, 0.6) is 0 Å². The largest absolute Gasteiger partial charge is 0.433 e. The number of halogens is 3. The fraction of sp³-hybridized carbons (Fsp3) is 0.0833. The van der Waals surface area contributed by atoms with Gasteiger partial charge in [-0.1, -0.05) is 5.16 Å². The van der Waals surface area contributed by atoms with Crippen LogP contribution in [-0.2, 0) is 6.18 Å². The van der Waals surface area contributed by atoms with E-state index in [2.05, 4.69) is 15.1 Å². The first kappa shape index (κ1) is 12.8. The van der Waals surface area contributed by atoms with Crippen LogP contribution >= 0.6 is 11.3 Å². The van der Waals surface area contributed by atoms with E-state index in [1.807, 2.05) is 0 Å². The SMILES string of the molecule is FC(F)(F)c1ccc(-c2csc(-c3ccno3)n2)cn1. The summed E-state index contributed by atoms with van der Waals surface area (Å²) in [6.07, 6.45) is -1.79. The van der Waals surface area contributed by atoms with Crippen LogP contribution in [0.25, 0.3) is 22.0 Å². The number of pyridine rings is 1. The highest BCUT2D eigenvalue weighted by Crippen LogP contribution is 2.31. The fourth-order valence-corrected chi connectivity index (χ4v) is 2.34. The molecule has 3 aromatic heterocycles. The van der Waals surface area contributed by atoms with Gasteiger partial charge < -0.3 is 4.52 Å². The van der Waals surface area contributed by atoms with E-state index in [1.165, 1.54) is 23.6 Å². The maximum atomic E-state index is 12.4. The van der Waals surface area contributed by atoms with Crippen LogP contribution in [0.3, 0.4) is 0 Å². The molecule has 0 spiro atoms. The molecule has 3 aromatic rings. The molecule has 0 saturated carbocycles. The summed E-state index contributed by atoms with van der Waals surface area (Å²) in [4.78, 5) is 7.68. The van der Waals surface area contributed by atoms with Gasteiger partial charge in [-0.15, -0.1) is 11.3 Å². The zero-order valence-electron chi connectivity index (χ0n) is 9.76. The van der Waals surface area contributed by atoms with Crippen molar-refractivity contribution in [2.45, 2.75) is 6.18 Å². The van der Waals surface area contributed by atoms with Gasteiger partial charge in [0.2, 0.25) is 0 Å². The lowest BCUT2D eigenvalue weighted by molar-refractivity contribution is -0.141. The number of nitrogens with zero attached hydrogens (tertiary/aromatic N) is 3. The van der Waals surface area contributed by atoms with Gasteiger partial charge in [-0.2, -0.15) is 13.2 Å². The van der Waals surface area contributed by atoms with Gasteiger partial charge in [-0.05, 0) is 12.1 Å². The Morgan fingerprint density at radius 3 is 2.60 bits per heavy atom. The van der Waals surface area contributed by atoms with Gasteiger partial charge in [0.05, 0.1) is 11.9 Å². The summed E-state index contributed by atoms with van der Waals surface area (Å²) in [5.74, 6) is 0.515. The molecule has 0 radical (unpaired) electrons. The lowest BCUT2D eigenvalue weighted by Crippen LogP contribution is -2.07. The third-order valence-electron chi connectivity index (χ3n) is 2.50. The molecular weight excluding hydrogens is 291 g/mol. The second-order valence-electron chi connectivity index (χ2n) is 3.84. The van der Waals surface area contributed by atoms with E-state index in [-0.39, 0.29) is 0 Å². The van der Waals surface area contributed by atoms with Crippen molar-refractivity contribution in [2.75, 3.05) is 0 Å². The van der Waals surface area contributed by atoms with Gasteiger partial charge in [0, 0.05) is 23.2 Å². The Balaban J connectivity index is 1.90. The van der Waals surface area contributed by atoms with Crippen LogP contribution < -0.4 is 0 Å². The molecule has 0 amide bonds. The third-order valence-corrected chi connectivity index (χ3v) is 3.36. The number of thiazole rings is 1. The van der Waals surface area contributed by atoms with Gasteiger partial charge in [-0.3, -0.25) is 4.98 Å². The minimum Gasteiger partial charge on any atom is -0.354 e. The van der Waals surface area contributed by atoms with E-state index < -0.39 is 11.9 Å². The first-order valence-electron chi connectivity index (χ1n) is 5.44. The molecule has 3 heterocycles. The molecule has 0 aliphatic carbocycles. The third kappa shape index (κ3) is 2.42. The summed E-state index contributed by atoms with van der Waals surface area (Å²) in [6, 6.07) is 3.94. The van der Waals surface area contributed by atoms with Crippen LogP contribution in [0, 0.1) is 0 Å².